The van der Waals surface area contributed by atoms with E-state index >= 15 is 0 Å². The van der Waals surface area contributed by atoms with Crippen molar-refractivity contribution in [1.82, 2.24) is 15.0 Å². The van der Waals surface area contributed by atoms with Gasteiger partial charge in [-0.15, -0.1) is 5.10 Å². The fourth-order valence-corrected chi connectivity index (χ4v) is 1.80. The van der Waals surface area contributed by atoms with Crippen molar-refractivity contribution in [3.8, 4) is 0 Å². The number of nitrogens with two attached hydrogens (primary N) is 2. The van der Waals surface area contributed by atoms with Crippen LogP contribution in [0.1, 0.15) is 0 Å². The van der Waals surface area contributed by atoms with Gasteiger partial charge in [-0.05, 0) is 24.3 Å². The molecule has 0 amide bonds. The number of fused-ring (bicyclic) bond motifs is 1. The van der Waals surface area contributed by atoms with Crippen molar-refractivity contribution in [3.05, 3.63) is 48.5 Å². The summed E-state index contributed by atoms with van der Waals surface area (Å²) in [4.78, 5) is 4.28. The molecular formula is C13H12N6. The first-order chi connectivity index (χ1) is 9.25. The van der Waals surface area contributed by atoms with Gasteiger partial charge in [0.15, 0.2) is 0 Å². The Bertz CT molecular complexity index is 758. The van der Waals surface area contributed by atoms with Gasteiger partial charge in [0.25, 0.3) is 0 Å². The van der Waals surface area contributed by atoms with E-state index in [9.17, 15) is 0 Å². The molecule has 1 aromatic heterocycles. The van der Waals surface area contributed by atoms with Crippen LogP contribution in [-0.2, 0) is 0 Å². The van der Waals surface area contributed by atoms with E-state index in [2.05, 4.69) is 15.3 Å². The van der Waals surface area contributed by atoms with E-state index in [1.165, 1.54) is 4.68 Å². The summed E-state index contributed by atoms with van der Waals surface area (Å²) in [5.41, 5.74) is 14.5. The molecule has 4 N–H and O–H groups in total. The number of hydrogen-bond donors (Lipinski definition) is 2. The number of nitrogen functional groups attached to an aromatic ring is 1. The second-order valence-corrected chi connectivity index (χ2v) is 4.02. The summed E-state index contributed by atoms with van der Waals surface area (Å²) in [6.45, 7) is 0. The predicted octanol–water partition coefficient (Wildman–Crippen LogP) is 1.51. The van der Waals surface area contributed by atoms with Gasteiger partial charge in [-0.2, -0.15) is 4.68 Å². The molecule has 94 valence electrons. The van der Waals surface area contributed by atoms with Crippen LogP contribution in [0.25, 0.3) is 11.0 Å². The minimum Gasteiger partial charge on any atom is -0.397 e. The lowest BCUT2D eigenvalue weighted by molar-refractivity contribution is 0.853. The van der Waals surface area contributed by atoms with Crippen LogP contribution in [0.3, 0.4) is 0 Å². The summed E-state index contributed by atoms with van der Waals surface area (Å²) in [6, 6.07) is 14.8. The Morgan fingerprint density at radius 3 is 2.63 bits per heavy atom. The summed E-state index contributed by atoms with van der Waals surface area (Å²) in [5, 5.41) is 8.02. The molecule has 0 spiro atoms. The summed E-state index contributed by atoms with van der Waals surface area (Å²) in [6.07, 6.45) is 0. The van der Waals surface area contributed by atoms with Crippen LogP contribution in [0.4, 0.5) is 11.4 Å². The third-order valence-electron chi connectivity index (χ3n) is 2.74. The maximum Gasteiger partial charge on any atom is 0.223 e. The summed E-state index contributed by atoms with van der Waals surface area (Å²) >= 11 is 0. The minimum atomic E-state index is 0.228. The highest BCUT2D eigenvalue weighted by Crippen LogP contribution is 2.20. The Morgan fingerprint density at radius 2 is 1.79 bits per heavy atom. The van der Waals surface area contributed by atoms with Crippen LogP contribution in [0, 0.1) is 0 Å². The Hall–Kier alpha value is -2.89. The average molecular weight is 252 g/mol. The average Bonchev–Trinajstić information content (AvgIpc) is 2.85. The van der Waals surface area contributed by atoms with Crippen molar-refractivity contribution >= 4 is 28.4 Å². The second kappa shape index (κ2) is 4.41. The van der Waals surface area contributed by atoms with Crippen molar-refractivity contribution in [2.24, 2.45) is 10.7 Å². The van der Waals surface area contributed by atoms with E-state index in [1.807, 2.05) is 36.4 Å². The molecule has 0 saturated heterocycles. The normalized spacial score (nSPS) is 11.9. The molecule has 0 aliphatic heterocycles. The van der Waals surface area contributed by atoms with Gasteiger partial charge in [0.05, 0.1) is 16.9 Å². The zero-order valence-electron chi connectivity index (χ0n) is 10.1. The van der Waals surface area contributed by atoms with Gasteiger partial charge in [-0.3, -0.25) is 0 Å². The first kappa shape index (κ1) is 11.2. The molecule has 0 radical (unpaired) electrons. The molecule has 0 atom stereocenters. The predicted molar refractivity (Wildman–Crippen MR) is 75.1 cm³/mol. The Labute approximate surface area is 109 Å². The third-order valence-corrected chi connectivity index (χ3v) is 2.74. The number of aliphatic imine (C=N–C) groups is 1. The van der Waals surface area contributed by atoms with Crippen LogP contribution >= 0.6 is 0 Å². The molecule has 6 nitrogen and oxygen atoms in total. The monoisotopic (exact) mass is 252 g/mol. The van der Waals surface area contributed by atoms with Gasteiger partial charge in [-0.1, -0.05) is 29.5 Å². The molecule has 6 heteroatoms. The lowest BCUT2D eigenvalue weighted by Crippen LogP contribution is -2.23. The molecule has 1 heterocycles. The first-order valence-electron chi connectivity index (χ1n) is 5.75. The summed E-state index contributed by atoms with van der Waals surface area (Å²) in [5.74, 6) is 0.228. The summed E-state index contributed by atoms with van der Waals surface area (Å²) < 4.78 is 1.49. The first-order valence-corrected chi connectivity index (χ1v) is 5.75. The summed E-state index contributed by atoms with van der Waals surface area (Å²) in [7, 11) is 0. The van der Waals surface area contributed by atoms with Gasteiger partial charge in [0.2, 0.25) is 5.96 Å². The van der Waals surface area contributed by atoms with Gasteiger partial charge in [-0.25, -0.2) is 4.99 Å². The number of rotatable bonds is 1. The number of benzene rings is 2. The lowest BCUT2D eigenvalue weighted by Gasteiger charge is -2.03. The molecule has 0 fully saturated rings. The molecule has 3 rings (SSSR count). The van der Waals surface area contributed by atoms with Crippen molar-refractivity contribution in [2.45, 2.75) is 0 Å². The van der Waals surface area contributed by atoms with Crippen LogP contribution in [0.15, 0.2) is 53.5 Å². The van der Waals surface area contributed by atoms with E-state index < -0.39 is 0 Å². The van der Waals surface area contributed by atoms with E-state index in [-0.39, 0.29) is 5.96 Å². The smallest absolute Gasteiger partial charge is 0.223 e. The van der Waals surface area contributed by atoms with Crippen LogP contribution < -0.4 is 11.5 Å². The highest BCUT2D eigenvalue weighted by Gasteiger charge is 2.07. The zero-order chi connectivity index (χ0) is 13.2. The number of hydrogen-bond acceptors (Lipinski definition) is 4. The molecule has 0 aliphatic carbocycles. The van der Waals surface area contributed by atoms with Gasteiger partial charge in [0, 0.05) is 0 Å². The van der Waals surface area contributed by atoms with Crippen molar-refractivity contribution < 1.29 is 0 Å². The molecule has 3 aromatic rings. The van der Waals surface area contributed by atoms with Crippen LogP contribution in [0.2, 0.25) is 0 Å². The van der Waals surface area contributed by atoms with Crippen LogP contribution in [0.5, 0.6) is 0 Å². The fourth-order valence-electron chi connectivity index (χ4n) is 1.80. The van der Waals surface area contributed by atoms with Gasteiger partial charge >= 0.3 is 0 Å². The zero-order valence-corrected chi connectivity index (χ0v) is 10.1. The highest BCUT2D eigenvalue weighted by atomic mass is 15.5. The second-order valence-electron chi connectivity index (χ2n) is 4.02. The number of anilines is 1. The molecule has 0 bridgehead atoms. The SMILES string of the molecule is NC(=Nc1ccccc1N)n1nnc2ccccc21. The lowest BCUT2D eigenvalue weighted by atomic mass is 10.3. The van der Waals surface area contributed by atoms with Crippen molar-refractivity contribution in [3.63, 3.8) is 0 Å². The number of aromatic nitrogens is 3. The van der Waals surface area contributed by atoms with E-state index in [0.29, 0.717) is 11.4 Å². The fraction of sp³-hybridized carbons (Fsp3) is 0. The van der Waals surface area contributed by atoms with Crippen molar-refractivity contribution in [2.75, 3.05) is 5.73 Å². The van der Waals surface area contributed by atoms with E-state index in [1.54, 1.807) is 12.1 Å². The molecule has 2 aromatic carbocycles. The Kier molecular flexibility index (Phi) is 2.60. The quantitative estimate of drug-likeness (QED) is 0.390. The molecular weight excluding hydrogens is 240 g/mol. The molecule has 19 heavy (non-hydrogen) atoms. The molecule has 0 saturated carbocycles. The largest absolute Gasteiger partial charge is 0.397 e. The Morgan fingerprint density at radius 1 is 1.05 bits per heavy atom. The van der Waals surface area contributed by atoms with E-state index in [4.69, 9.17) is 11.5 Å². The standard InChI is InChI=1S/C13H12N6/c14-9-5-1-2-6-10(9)16-13(15)19-12-8-4-3-7-11(12)17-18-19/h1-8H,14H2,(H2,15,16). The Balaban J connectivity index is 2.09. The number of nitrogens with zero attached hydrogens (tertiary/aromatic N) is 4. The van der Waals surface area contributed by atoms with E-state index in [0.717, 1.165) is 11.0 Å². The van der Waals surface area contributed by atoms with Crippen LogP contribution in [-0.4, -0.2) is 21.0 Å². The van der Waals surface area contributed by atoms with Gasteiger partial charge in [0.1, 0.15) is 5.52 Å². The topological polar surface area (TPSA) is 95.1 Å². The maximum atomic E-state index is 5.96. The molecule has 0 unspecified atom stereocenters. The third kappa shape index (κ3) is 1.99. The highest BCUT2D eigenvalue weighted by molar-refractivity contribution is 5.91. The van der Waals surface area contributed by atoms with Crippen molar-refractivity contribution in [1.29, 1.82) is 0 Å². The minimum absolute atomic E-state index is 0.228. The van der Waals surface area contributed by atoms with Gasteiger partial charge < -0.3 is 11.5 Å². The number of para-hydroxylation sites is 3. The molecule has 0 aliphatic rings. The maximum absolute atomic E-state index is 5.96.